The second kappa shape index (κ2) is 6.85. The maximum Gasteiger partial charge on any atom is 0.283 e. The molecule has 1 aromatic carbocycles. The Balaban J connectivity index is 0.000000873. The summed E-state index contributed by atoms with van der Waals surface area (Å²) in [7, 11) is 0. The van der Waals surface area contributed by atoms with Gasteiger partial charge in [-0.1, -0.05) is 6.92 Å². The van der Waals surface area contributed by atoms with Crippen molar-refractivity contribution in [1.82, 2.24) is 0 Å². The normalized spacial score (nSPS) is 9.00. The zero-order chi connectivity index (χ0) is 14.3. The van der Waals surface area contributed by atoms with E-state index in [0.717, 1.165) is 6.54 Å². The molecule has 0 unspecified atom stereocenters. The third kappa shape index (κ3) is 4.49. The summed E-state index contributed by atoms with van der Waals surface area (Å²) in [6.07, 6.45) is 0. The molecule has 2 N–H and O–H groups in total. The summed E-state index contributed by atoms with van der Waals surface area (Å²) in [5.74, 6) is 0. The summed E-state index contributed by atoms with van der Waals surface area (Å²) in [6.45, 7) is 2.65. The first-order valence-corrected chi connectivity index (χ1v) is 4.61. The standard InChI is InChI=1S/C6H3N3O6.C2H7N/c10-7(11)4-1-5(8(12)13)3-6(2-4)9(14)15;1-2-3/h1-3H;2-3H2,1H3. The maximum atomic E-state index is 10.3. The zero-order valence-corrected chi connectivity index (χ0v) is 9.31. The molecule has 18 heavy (non-hydrogen) atoms. The summed E-state index contributed by atoms with van der Waals surface area (Å²) in [5.41, 5.74) is 2.79. The molecule has 10 nitrogen and oxygen atoms in total. The van der Waals surface area contributed by atoms with Crippen LogP contribution in [0.5, 0.6) is 0 Å². The van der Waals surface area contributed by atoms with Crippen molar-refractivity contribution in [2.75, 3.05) is 6.54 Å². The van der Waals surface area contributed by atoms with E-state index in [4.69, 9.17) is 5.73 Å². The van der Waals surface area contributed by atoms with Crippen LogP contribution in [-0.4, -0.2) is 21.3 Å². The Morgan fingerprint density at radius 1 is 0.889 bits per heavy atom. The van der Waals surface area contributed by atoms with Gasteiger partial charge in [0.1, 0.15) is 0 Å². The molecule has 0 aliphatic heterocycles. The fraction of sp³-hybridized carbons (Fsp3) is 0.250. The molecule has 0 saturated heterocycles. The van der Waals surface area contributed by atoms with E-state index in [9.17, 15) is 30.3 Å². The number of nitrogens with zero attached hydrogens (tertiary/aromatic N) is 3. The van der Waals surface area contributed by atoms with Crippen LogP contribution in [0.1, 0.15) is 6.92 Å². The monoisotopic (exact) mass is 258 g/mol. The Morgan fingerprint density at radius 3 is 1.17 bits per heavy atom. The summed E-state index contributed by atoms with van der Waals surface area (Å²) in [6, 6.07) is 1.98. The first-order valence-electron chi connectivity index (χ1n) is 4.61. The van der Waals surface area contributed by atoms with Crippen LogP contribution < -0.4 is 5.73 Å². The Morgan fingerprint density at radius 2 is 1.06 bits per heavy atom. The molecule has 98 valence electrons. The topological polar surface area (TPSA) is 155 Å². The van der Waals surface area contributed by atoms with Gasteiger partial charge in [-0.15, -0.1) is 0 Å². The molecule has 1 rings (SSSR count). The van der Waals surface area contributed by atoms with Crippen LogP contribution in [0, 0.1) is 30.3 Å². The number of rotatable bonds is 3. The fourth-order valence-electron chi connectivity index (χ4n) is 0.896. The quantitative estimate of drug-likeness (QED) is 0.633. The van der Waals surface area contributed by atoms with Crippen molar-refractivity contribution >= 4 is 17.1 Å². The Bertz CT molecular complexity index is 396. The molecule has 0 fully saturated rings. The highest BCUT2D eigenvalue weighted by atomic mass is 16.6. The van der Waals surface area contributed by atoms with E-state index in [1.54, 1.807) is 0 Å². The molecular weight excluding hydrogens is 248 g/mol. The van der Waals surface area contributed by atoms with E-state index in [1.807, 2.05) is 6.92 Å². The molecular formula is C8H10N4O6. The molecule has 0 aliphatic carbocycles. The molecule has 0 spiro atoms. The minimum atomic E-state index is -0.931. The van der Waals surface area contributed by atoms with Gasteiger partial charge in [-0.2, -0.15) is 0 Å². The minimum Gasteiger partial charge on any atom is -0.331 e. The highest BCUT2D eigenvalue weighted by Crippen LogP contribution is 2.26. The van der Waals surface area contributed by atoms with Gasteiger partial charge in [-0.05, 0) is 6.54 Å². The van der Waals surface area contributed by atoms with Gasteiger partial charge >= 0.3 is 0 Å². The lowest BCUT2D eigenvalue weighted by Crippen LogP contribution is -1.96. The molecule has 0 aromatic heterocycles. The molecule has 0 aliphatic rings. The number of hydrogen-bond acceptors (Lipinski definition) is 7. The van der Waals surface area contributed by atoms with Crippen LogP contribution >= 0.6 is 0 Å². The highest BCUT2D eigenvalue weighted by molar-refractivity contribution is 5.52. The maximum absolute atomic E-state index is 10.3. The van der Waals surface area contributed by atoms with Gasteiger partial charge < -0.3 is 5.73 Å². The summed E-state index contributed by atoms with van der Waals surface area (Å²) >= 11 is 0. The number of hydrogen-bond donors (Lipinski definition) is 1. The van der Waals surface area contributed by atoms with Crippen LogP contribution in [-0.2, 0) is 0 Å². The van der Waals surface area contributed by atoms with Gasteiger partial charge in [0.15, 0.2) is 0 Å². The Hall–Kier alpha value is -2.62. The molecule has 0 atom stereocenters. The average Bonchev–Trinajstić information content (AvgIpc) is 2.29. The van der Waals surface area contributed by atoms with Crippen molar-refractivity contribution in [3.8, 4) is 0 Å². The largest absolute Gasteiger partial charge is 0.331 e. The summed E-state index contributed by atoms with van der Waals surface area (Å²) in [5, 5.41) is 30.9. The average molecular weight is 258 g/mol. The molecule has 0 saturated carbocycles. The molecule has 0 radical (unpaired) electrons. The van der Waals surface area contributed by atoms with E-state index < -0.39 is 31.8 Å². The van der Waals surface area contributed by atoms with E-state index >= 15 is 0 Å². The lowest BCUT2D eigenvalue weighted by atomic mass is 10.2. The van der Waals surface area contributed by atoms with Gasteiger partial charge in [0.25, 0.3) is 17.1 Å². The predicted octanol–water partition coefficient (Wildman–Crippen LogP) is 1.38. The van der Waals surface area contributed by atoms with Gasteiger partial charge in [-0.3, -0.25) is 30.3 Å². The number of nitro benzene ring substituents is 3. The van der Waals surface area contributed by atoms with Crippen LogP contribution in [0.3, 0.4) is 0 Å². The zero-order valence-electron chi connectivity index (χ0n) is 9.31. The van der Waals surface area contributed by atoms with E-state index in [0.29, 0.717) is 18.2 Å². The van der Waals surface area contributed by atoms with Gasteiger partial charge in [0.2, 0.25) is 0 Å². The van der Waals surface area contributed by atoms with Crippen LogP contribution in [0.2, 0.25) is 0 Å². The SMILES string of the molecule is CCN.O=[N+]([O-])c1cc([N+](=O)[O-])cc([N+](=O)[O-])c1. The number of non-ortho nitro benzene ring substituents is 3. The second-order valence-corrected chi connectivity index (χ2v) is 2.89. The Kier molecular flexibility index (Phi) is 5.86. The first-order chi connectivity index (χ1) is 8.33. The van der Waals surface area contributed by atoms with Crippen molar-refractivity contribution in [3.63, 3.8) is 0 Å². The number of benzene rings is 1. The smallest absolute Gasteiger partial charge is 0.283 e. The summed E-state index contributed by atoms with van der Waals surface area (Å²) in [4.78, 5) is 28.1. The molecule has 10 heteroatoms. The minimum absolute atomic E-state index is 0.660. The molecule has 0 heterocycles. The third-order valence-corrected chi connectivity index (χ3v) is 1.52. The predicted molar refractivity (Wildman–Crippen MR) is 61.1 cm³/mol. The van der Waals surface area contributed by atoms with Crippen molar-refractivity contribution in [1.29, 1.82) is 0 Å². The summed E-state index contributed by atoms with van der Waals surface area (Å²) < 4.78 is 0. The first kappa shape index (κ1) is 15.4. The van der Waals surface area contributed by atoms with Crippen LogP contribution in [0.15, 0.2) is 18.2 Å². The van der Waals surface area contributed by atoms with Crippen molar-refractivity contribution in [2.24, 2.45) is 5.73 Å². The van der Waals surface area contributed by atoms with E-state index in [2.05, 4.69) is 0 Å². The lowest BCUT2D eigenvalue weighted by Gasteiger charge is -1.93. The van der Waals surface area contributed by atoms with Crippen molar-refractivity contribution in [2.45, 2.75) is 6.92 Å². The van der Waals surface area contributed by atoms with E-state index in [1.165, 1.54) is 0 Å². The van der Waals surface area contributed by atoms with Gasteiger partial charge in [0.05, 0.1) is 33.0 Å². The highest BCUT2D eigenvalue weighted by Gasteiger charge is 2.21. The number of nitro groups is 3. The molecule has 0 amide bonds. The second-order valence-electron chi connectivity index (χ2n) is 2.89. The fourth-order valence-corrected chi connectivity index (χ4v) is 0.896. The number of nitrogens with two attached hydrogens (primary N) is 1. The third-order valence-electron chi connectivity index (χ3n) is 1.52. The van der Waals surface area contributed by atoms with E-state index in [-0.39, 0.29) is 0 Å². The van der Waals surface area contributed by atoms with Gasteiger partial charge in [0, 0.05) is 0 Å². The van der Waals surface area contributed by atoms with Crippen molar-refractivity contribution in [3.05, 3.63) is 48.5 Å². The molecule has 1 aromatic rings. The van der Waals surface area contributed by atoms with Crippen molar-refractivity contribution < 1.29 is 14.8 Å². The lowest BCUT2D eigenvalue weighted by molar-refractivity contribution is -0.403. The van der Waals surface area contributed by atoms with Crippen LogP contribution in [0.4, 0.5) is 17.1 Å². The Labute approximate surface area is 100 Å². The molecule has 0 bridgehead atoms. The van der Waals surface area contributed by atoms with Gasteiger partial charge in [-0.25, -0.2) is 0 Å². The van der Waals surface area contributed by atoms with Crippen LogP contribution in [0.25, 0.3) is 0 Å².